The second-order valence-corrected chi connectivity index (χ2v) is 5.78. The summed E-state index contributed by atoms with van der Waals surface area (Å²) < 4.78 is 0.638. The number of rotatable bonds is 1. The van der Waals surface area contributed by atoms with Gasteiger partial charge in [-0.1, -0.05) is 0 Å². The van der Waals surface area contributed by atoms with Crippen LogP contribution in [0.1, 0.15) is 21.7 Å². The molecule has 0 N–H and O–H groups in total. The first-order valence-electron chi connectivity index (χ1n) is 5.70. The molecule has 0 fully saturated rings. The molecular weight excluding hydrogens is 356 g/mol. The van der Waals surface area contributed by atoms with Crippen LogP contribution in [0.25, 0.3) is 17.2 Å². The maximum atomic E-state index is 4.08. The van der Waals surface area contributed by atoms with Gasteiger partial charge < -0.3 is 24.8 Å². The summed E-state index contributed by atoms with van der Waals surface area (Å²) in [5, 5.41) is 0. The van der Waals surface area contributed by atoms with Gasteiger partial charge in [0.05, 0.1) is 0 Å². The molecule has 2 aromatic rings. The van der Waals surface area contributed by atoms with E-state index in [0.29, 0.717) is 3.63 Å². The summed E-state index contributed by atoms with van der Waals surface area (Å²) in [4.78, 5) is 4.08. The van der Waals surface area contributed by atoms with Crippen LogP contribution < -0.4 is 24.8 Å². The Morgan fingerprint density at radius 2 is 1.74 bits per heavy atom. The van der Waals surface area contributed by atoms with E-state index in [2.05, 4.69) is 48.3 Å². The van der Waals surface area contributed by atoms with Crippen molar-refractivity contribution in [1.82, 2.24) is 4.98 Å². The van der Waals surface area contributed by atoms with Gasteiger partial charge in [-0.2, -0.15) is 0 Å². The third-order valence-electron chi connectivity index (χ3n) is 3.27. The molecule has 4 heteroatoms. The van der Waals surface area contributed by atoms with E-state index in [4.69, 9.17) is 0 Å². The predicted octanol–water partition coefficient (Wildman–Crippen LogP) is -2.24. The Balaban J connectivity index is 0.000000902. The number of allylic oxidation sites excluding steroid dienone is 1. The Morgan fingerprint density at radius 3 is 2.42 bits per heavy atom. The van der Waals surface area contributed by atoms with Gasteiger partial charge in [0.15, 0.2) is 0 Å². The molecule has 1 heterocycles. The fourth-order valence-corrected chi connectivity index (χ4v) is 3.16. The van der Waals surface area contributed by atoms with Gasteiger partial charge in [0.1, 0.15) is 0 Å². The van der Waals surface area contributed by atoms with E-state index in [9.17, 15) is 0 Å². The molecule has 19 heavy (non-hydrogen) atoms. The summed E-state index contributed by atoms with van der Waals surface area (Å²) >= 11 is 1.57. The van der Waals surface area contributed by atoms with Gasteiger partial charge >= 0.3 is 117 Å². The van der Waals surface area contributed by atoms with Crippen LogP contribution in [0.4, 0.5) is 0 Å². The summed E-state index contributed by atoms with van der Waals surface area (Å²) in [7, 11) is 0. The first kappa shape index (κ1) is 16.6. The largest absolute Gasteiger partial charge is 1.00 e. The first-order valence-corrected chi connectivity index (χ1v) is 7.12. The molecule has 1 atom stereocenters. The normalized spacial score (nSPS) is 15.9. The Morgan fingerprint density at radius 1 is 1.05 bits per heavy atom. The van der Waals surface area contributed by atoms with Gasteiger partial charge in [-0.15, -0.1) is 0 Å². The summed E-state index contributed by atoms with van der Waals surface area (Å²) in [5.74, 6) is 0. The van der Waals surface area contributed by atoms with Crippen molar-refractivity contribution in [3.8, 4) is 11.1 Å². The second kappa shape index (κ2) is 6.84. The molecule has 1 aromatic heterocycles. The van der Waals surface area contributed by atoms with Crippen molar-refractivity contribution in [1.29, 1.82) is 0 Å². The number of hydrogen-bond donors (Lipinski definition) is 0. The van der Waals surface area contributed by atoms with Gasteiger partial charge in [-0.3, -0.25) is 0 Å². The standard InChI is InChI=1S/C15H12N.2ClH.Zr/c1-11-9-13-3-2-4-14(15(13)10-11)12-5-7-16-8-6-12;;;/h2-10H,1H3;2*1H;/q;;;+2/p-2. The number of aromatic nitrogens is 1. The molecule has 1 nitrogen and oxygen atoms in total. The molecule has 1 unspecified atom stereocenters. The van der Waals surface area contributed by atoms with E-state index in [1.807, 2.05) is 12.4 Å². The first-order chi connectivity index (χ1) is 8.27. The third-order valence-corrected chi connectivity index (χ3v) is 5.15. The van der Waals surface area contributed by atoms with Gasteiger partial charge in [0, 0.05) is 0 Å². The molecule has 1 aromatic carbocycles. The van der Waals surface area contributed by atoms with E-state index in [1.165, 1.54) is 27.8 Å². The Bertz CT molecular complexity index is 596. The zero-order valence-corrected chi connectivity index (χ0v) is 14.4. The summed E-state index contributed by atoms with van der Waals surface area (Å²) in [6, 6.07) is 10.8. The number of hydrogen-bond acceptors (Lipinski definition) is 1. The number of pyridine rings is 1. The van der Waals surface area contributed by atoms with Crippen LogP contribution in [0.3, 0.4) is 0 Å². The molecule has 1 aliphatic carbocycles. The molecule has 0 saturated heterocycles. The molecular formula is C15H12Cl2NZr. The van der Waals surface area contributed by atoms with Gasteiger partial charge in [-0.25, -0.2) is 0 Å². The second-order valence-electron chi connectivity index (χ2n) is 4.37. The van der Waals surface area contributed by atoms with Crippen molar-refractivity contribution in [3.63, 3.8) is 0 Å². The van der Waals surface area contributed by atoms with Crippen LogP contribution in [-0.4, -0.2) is 4.98 Å². The van der Waals surface area contributed by atoms with Crippen molar-refractivity contribution in [2.45, 2.75) is 10.5 Å². The average Bonchev–Trinajstić information content (AvgIpc) is 2.67. The van der Waals surface area contributed by atoms with Crippen molar-refractivity contribution in [2.75, 3.05) is 0 Å². The van der Waals surface area contributed by atoms with Crippen molar-refractivity contribution in [2.24, 2.45) is 0 Å². The fourth-order valence-electron chi connectivity index (χ4n) is 2.34. The van der Waals surface area contributed by atoms with E-state index in [-0.39, 0.29) is 24.8 Å². The van der Waals surface area contributed by atoms with E-state index in [1.54, 1.807) is 24.7 Å². The number of nitrogens with zero attached hydrogens (tertiary/aromatic N) is 1. The quantitative estimate of drug-likeness (QED) is 0.555. The van der Waals surface area contributed by atoms with Crippen LogP contribution in [0.15, 0.2) is 48.3 Å². The molecule has 0 spiro atoms. The van der Waals surface area contributed by atoms with Gasteiger partial charge in [0.25, 0.3) is 0 Å². The Kier molecular flexibility index (Phi) is 5.98. The monoisotopic (exact) mass is 366 g/mol. The fraction of sp³-hybridized carbons (Fsp3) is 0.133. The Labute approximate surface area is 141 Å². The van der Waals surface area contributed by atoms with E-state index < -0.39 is 0 Å². The number of halogens is 2. The van der Waals surface area contributed by atoms with Crippen LogP contribution in [0.5, 0.6) is 0 Å². The summed E-state index contributed by atoms with van der Waals surface area (Å²) in [5.41, 5.74) is 6.95. The SMILES string of the molecule is CC1=Cc2c(-c3ccncc3)cccc2[CH]1[Zr+2].[Cl-].[Cl-]. The smallest absolute Gasteiger partial charge is 1.00 e. The maximum absolute atomic E-state index is 4.08. The van der Waals surface area contributed by atoms with E-state index in [0.717, 1.165) is 0 Å². The molecule has 1 aliphatic rings. The van der Waals surface area contributed by atoms with Crippen LogP contribution in [-0.2, 0) is 24.7 Å². The van der Waals surface area contributed by atoms with Crippen molar-refractivity contribution >= 4 is 6.08 Å². The number of fused-ring (bicyclic) bond motifs is 1. The Hall–Kier alpha value is -0.427. The molecule has 0 aliphatic heterocycles. The minimum Gasteiger partial charge on any atom is -1.00 e. The van der Waals surface area contributed by atoms with Crippen molar-refractivity contribution < 1.29 is 49.5 Å². The topological polar surface area (TPSA) is 12.9 Å². The zero-order chi connectivity index (χ0) is 11.8. The molecule has 0 saturated carbocycles. The number of benzene rings is 1. The molecule has 0 bridgehead atoms. The molecule has 0 amide bonds. The van der Waals surface area contributed by atoms with Gasteiger partial charge in [0.2, 0.25) is 0 Å². The third kappa shape index (κ3) is 3.02. The minimum atomic E-state index is 0. The molecule has 95 valence electrons. The van der Waals surface area contributed by atoms with Gasteiger partial charge in [-0.05, 0) is 0 Å². The molecule has 0 radical (unpaired) electrons. The van der Waals surface area contributed by atoms with Crippen molar-refractivity contribution in [3.05, 3.63) is 59.4 Å². The minimum absolute atomic E-state index is 0. The van der Waals surface area contributed by atoms with Crippen LogP contribution >= 0.6 is 0 Å². The predicted molar refractivity (Wildman–Crippen MR) is 66.1 cm³/mol. The zero-order valence-electron chi connectivity index (χ0n) is 10.4. The maximum Gasteiger partial charge on any atom is -1.00 e. The summed E-state index contributed by atoms with van der Waals surface area (Å²) in [6.07, 6.45) is 6.05. The van der Waals surface area contributed by atoms with E-state index >= 15 is 0 Å². The molecule has 3 rings (SSSR count). The van der Waals surface area contributed by atoms with Crippen LogP contribution in [0.2, 0.25) is 0 Å². The van der Waals surface area contributed by atoms with Crippen LogP contribution in [0, 0.1) is 0 Å². The average molecular weight is 368 g/mol. The summed E-state index contributed by atoms with van der Waals surface area (Å²) in [6.45, 7) is 2.23.